The lowest BCUT2D eigenvalue weighted by molar-refractivity contribution is 0.0941. The third-order valence-electron chi connectivity index (χ3n) is 3.06. The van der Waals surface area contributed by atoms with E-state index in [0.717, 1.165) is 5.56 Å². The van der Waals surface area contributed by atoms with E-state index >= 15 is 0 Å². The van der Waals surface area contributed by atoms with Gasteiger partial charge >= 0.3 is 0 Å². The first-order chi connectivity index (χ1) is 10.8. The van der Waals surface area contributed by atoms with Crippen molar-refractivity contribution in [1.29, 1.82) is 0 Å². The molecule has 0 spiro atoms. The van der Waals surface area contributed by atoms with E-state index in [-0.39, 0.29) is 5.69 Å². The number of para-hydroxylation sites is 1. The number of benzene rings is 2. The van der Waals surface area contributed by atoms with Gasteiger partial charge in [-0.3, -0.25) is 4.79 Å². The molecule has 23 heavy (non-hydrogen) atoms. The largest absolute Gasteiger partial charge is 0.359 e. The van der Waals surface area contributed by atoms with Crippen LogP contribution in [0.4, 0.5) is 10.1 Å². The van der Waals surface area contributed by atoms with Crippen LogP contribution in [-0.4, -0.2) is 15.9 Å². The van der Waals surface area contributed by atoms with Crippen LogP contribution in [0.1, 0.15) is 15.9 Å². The molecule has 0 bridgehead atoms. The predicted molar refractivity (Wildman–Crippen MR) is 92.7 cm³/mol. The Morgan fingerprint density at radius 1 is 1.13 bits per heavy atom. The van der Waals surface area contributed by atoms with Gasteiger partial charge < -0.3 is 10.6 Å². The van der Waals surface area contributed by atoms with Gasteiger partial charge in [0.25, 0.3) is 5.91 Å². The number of aryl methyl sites for hydroxylation is 1. The quantitative estimate of drug-likeness (QED) is 0.602. The van der Waals surface area contributed by atoms with E-state index in [1.54, 1.807) is 24.3 Å². The highest BCUT2D eigenvalue weighted by molar-refractivity contribution is 6.68. The third-order valence-corrected chi connectivity index (χ3v) is 3.71. The van der Waals surface area contributed by atoms with E-state index in [4.69, 9.17) is 34.8 Å². The molecule has 0 saturated carbocycles. The maximum atomic E-state index is 13.7. The van der Waals surface area contributed by atoms with Crippen molar-refractivity contribution in [1.82, 2.24) is 5.32 Å². The second kappa shape index (κ2) is 7.39. The van der Waals surface area contributed by atoms with Crippen LogP contribution in [0, 0.1) is 12.7 Å². The summed E-state index contributed by atoms with van der Waals surface area (Å²) in [7, 11) is 0. The molecule has 2 aromatic rings. The van der Waals surface area contributed by atoms with Gasteiger partial charge in [0, 0.05) is 5.56 Å². The summed E-state index contributed by atoms with van der Waals surface area (Å²) in [5.41, 5.74) is 1.46. The highest BCUT2D eigenvalue weighted by Crippen LogP contribution is 2.31. The number of hydrogen-bond donors (Lipinski definition) is 2. The van der Waals surface area contributed by atoms with Crippen molar-refractivity contribution < 1.29 is 9.18 Å². The minimum atomic E-state index is -1.87. The number of anilines is 1. The fraction of sp³-hybridized carbons (Fsp3) is 0.188. The summed E-state index contributed by atoms with van der Waals surface area (Å²) in [5, 5.41) is 5.26. The van der Waals surface area contributed by atoms with Gasteiger partial charge in [-0.05, 0) is 31.2 Å². The summed E-state index contributed by atoms with van der Waals surface area (Å²) in [6.45, 7) is 1.86. The summed E-state index contributed by atoms with van der Waals surface area (Å²) in [5.74, 6) is -0.953. The molecule has 1 atom stereocenters. The average molecular weight is 376 g/mol. The second-order valence-electron chi connectivity index (χ2n) is 4.94. The molecule has 2 rings (SSSR count). The molecule has 2 aromatic carbocycles. The van der Waals surface area contributed by atoms with Crippen LogP contribution in [0.25, 0.3) is 0 Å². The van der Waals surface area contributed by atoms with Crippen molar-refractivity contribution in [3.8, 4) is 0 Å². The highest BCUT2D eigenvalue weighted by Gasteiger charge is 2.34. The van der Waals surface area contributed by atoms with Gasteiger partial charge in [0.2, 0.25) is 3.79 Å². The maximum Gasteiger partial charge on any atom is 0.252 e. The molecule has 7 heteroatoms. The van der Waals surface area contributed by atoms with Crippen LogP contribution >= 0.6 is 34.8 Å². The van der Waals surface area contributed by atoms with E-state index in [1.165, 1.54) is 18.2 Å². The molecule has 0 unspecified atom stereocenters. The Morgan fingerprint density at radius 2 is 1.83 bits per heavy atom. The number of hydrogen-bond acceptors (Lipinski definition) is 2. The molecule has 1 amide bonds. The van der Waals surface area contributed by atoms with Gasteiger partial charge in [-0.1, -0.05) is 64.6 Å². The molecule has 0 aliphatic carbocycles. The molecule has 0 fully saturated rings. The van der Waals surface area contributed by atoms with E-state index < -0.39 is 21.7 Å². The predicted octanol–water partition coefficient (Wildman–Crippen LogP) is 4.67. The van der Waals surface area contributed by atoms with Crippen LogP contribution < -0.4 is 10.6 Å². The average Bonchev–Trinajstić information content (AvgIpc) is 2.47. The SMILES string of the molecule is Cc1cccc(C(=O)N[C@@H](Nc2ccccc2F)C(Cl)(Cl)Cl)c1. The normalized spacial score (nSPS) is 12.6. The Morgan fingerprint density at radius 3 is 2.43 bits per heavy atom. The van der Waals surface area contributed by atoms with Crippen molar-refractivity contribution >= 4 is 46.4 Å². The lowest BCUT2D eigenvalue weighted by Crippen LogP contribution is -2.49. The van der Waals surface area contributed by atoms with Crippen molar-refractivity contribution in [2.45, 2.75) is 16.9 Å². The first kappa shape index (κ1) is 17.9. The zero-order valence-electron chi connectivity index (χ0n) is 12.1. The zero-order chi connectivity index (χ0) is 17.0. The number of halogens is 4. The monoisotopic (exact) mass is 374 g/mol. The van der Waals surface area contributed by atoms with Gasteiger partial charge in [0.15, 0.2) is 0 Å². The van der Waals surface area contributed by atoms with Crippen LogP contribution in [0.15, 0.2) is 48.5 Å². The van der Waals surface area contributed by atoms with Gasteiger partial charge in [-0.15, -0.1) is 0 Å². The molecule has 0 aliphatic heterocycles. The summed E-state index contributed by atoms with van der Waals surface area (Å²) in [6.07, 6.45) is -1.11. The molecular weight excluding hydrogens is 362 g/mol. The minimum Gasteiger partial charge on any atom is -0.359 e. The summed E-state index contributed by atoms with van der Waals surface area (Å²) < 4.78 is 11.9. The lowest BCUT2D eigenvalue weighted by atomic mass is 10.1. The Labute approximate surface area is 148 Å². The first-order valence-corrected chi connectivity index (χ1v) is 7.86. The number of rotatable bonds is 4. The molecule has 0 heterocycles. The number of alkyl halides is 3. The van der Waals surface area contributed by atoms with E-state index in [9.17, 15) is 9.18 Å². The number of carbonyl (C=O) groups excluding carboxylic acids is 1. The maximum absolute atomic E-state index is 13.7. The molecule has 0 aliphatic rings. The minimum absolute atomic E-state index is 0.119. The Kier molecular flexibility index (Phi) is 5.74. The lowest BCUT2D eigenvalue weighted by Gasteiger charge is -2.27. The van der Waals surface area contributed by atoms with Crippen LogP contribution in [0.3, 0.4) is 0 Å². The summed E-state index contributed by atoms with van der Waals surface area (Å²) in [4.78, 5) is 12.3. The zero-order valence-corrected chi connectivity index (χ0v) is 14.4. The Bertz CT molecular complexity index is 704. The van der Waals surface area contributed by atoms with Crippen LogP contribution in [-0.2, 0) is 0 Å². The number of amides is 1. The molecule has 2 N–H and O–H groups in total. The van der Waals surface area contributed by atoms with Gasteiger partial charge in [-0.25, -0.2) is 4.39 Å². The Balaban J connectivity index is 2.20. The van der Waals surface area contributed by atoms with Crippen LogP contribution in [0.5, 0.6) is 0 Å². The van der Waals surface area contributed by atoms with Gasteiger partial charge in [0.05, 0.1) is 5.69 Å². The van der Waals surface area contributed by atoms with Crippen molar-refractivity contribution in [2.75, 3.05) is 5.32 Å². The van der Waals surface area contributed by atoms with Gasteiger partial charge in [-0.2, -0.15) is 0 Å². The molecule has 0 saturated heterocycles. The van der Waals surface area contributed by atoms with E-state index in [2.05, 4.69) is 10.6 Å². The topological polar surface area (TPSA) is 41.1 Å². The molecule has 0 radical (unpaired) electrons. The molecule has 122 valence electrons. The van der Waals surface area contributed by atoms with E-state index in [1.807, 2.05) is 13.0 Å². The fourth-order valence-electron chi connectivity index (χ4n) is 1.93. The smallest absolute Gasteiger partial charge is 0.252 e. The summed E-state index contributed by atoms with van der Waals surface area (Å²) >= 11 is 17.7. The third kappa shape index (κ3) is 4.99. The molecule has 0 aromatic heterocycles. The second-order valence-corrected chi connectivity index (χ2v) is 7.31. The standard InChI is InChI=1S/C16H14Cl3FN2O/c1-10-5-4-6-11(9-10)14(23)22-15(16(17,18)19)21-13-8-3-2-7-12(13)20/h2-9,15,21H,1H3,(H,22,23)/t15-/m1/s1. The molecular formula is C16H14Cl3FN2O. The van der Waals surface area contributed by atoms with Crippen molar-refractivity contribution in [3.63, 3.8) is 0 Å². The highest BCUT2D eigenvalue weighted by atomic mass is 35.6. The fourth-order valence-corrected chi connectivity index (χ4v) is 2.26. The number of nitrogens with one attached hydrogen (secondary N) is 2. The summed E-state index contributed by atoms with van der Waals surface area (Å²) in [6, 6.07) is 12.9. The molecule has 3 nitrogen and oxygen atoms in total. The van der Waals surface area contributed by atoms with E-state index in [0.29, 0.717) is 5.56 Å². The Hall–Kier alpha value is -1.49. The number of carbonyl (C=O) groups is 1. The van der Waals surface area contributed by atoms with Gasteiger partial charge in [0.1, 0.15) is 12.0 Å². The van der Waals surface area contributed by atoms with Crippen molar-refractivity contribution in [3.05, 3.63) is 65.5 Å². The van der Waals surface area contributed by atoms with Crippen molar-refractivity contribution in [2.24, 2.45) is 0 Å². The first-order valence-electron chi connectivity index (χ1n) is 6.72. The van der Waals surface area contributed by atoms with Crippen LogP contribution in [0.2, 0.25) is 0 Å².